The molecule has 28 heavy (non-hydrogen) atoms. The highest BCUT2D eigenvalue weighted by Crippen LogP contribution is 2.52. The van der Waals surface area contributed by atoms with E-state index < -0.39 is 17.4 Å². The van der Waals surface area contributed by atoms with Crippen molar-refractivity contribution in [3.05, 3.63) is 70.8 Å². The average Bonchev–Trinajstić information content (AvgIpc) is 3.06. The first-order valence-electron chi connectivity index (χ1n) is 8.26. The maximum atomic E-state index is 14.5. The van der Waals surface area contributed by atoms with Gasteiger partial charge in [0, 0.05) is 22.9 Å². The third-order valence-corrected chi connectivity index (χ3v) is 4.98. The van der Waals surface area contributed by atoms with E-state index in [1.54, 1.807) is 30.3 Å². The Morgan fingerprint density at radius 2 is 1.96 bits per heavy atom. The molecule has 1 spiro atoms. The van der Waals surface area contributed by atoms with Gasteiger partial charge in [0.2, 0.25) is 5.95 Å². The predicted octanol–water partition coefficient (Wildman–Crippen LogP) is 3.77. The van der Waals surface area contributed by atoms with E-state index in [1.165, 1.54) is 12.3 Å². The van der Waals surface area contributed by atoms with Gasteiger partial charge in [0.1, 0.15) is 17.5 Å². The van der Waals surface area contributed by atoms with Crippen LogP contribution >= 0.6 is 11.6 Å². The number of hydrogen-bond acceptors (Lipinski definition) is 6. The molecule has 4 heterocycles. The van der Waals surface area contributed by atoms with Crippen molar-refractivity contribution < 1.29 is 18.3 Å². The fourth-order valence-corrected chi connectivity index (χ4v) is 3.73. The Labute approximate surface area is 162 Å². The molecular weight excluding hydrogens is 390 g/mol. The standard InChI is InChI=1S/C19H11ClF2N4O2/c20-14-7-12-15(17(22)25-14)28-13-4-3-9(10-2-1-5-24-16(10)21)6-11(13)19(12)8-27-18(23)26-19/h1-7H,8H2,(H2,23,26). The molecule has 6 nitrogen and oxygen atoms in total. The van der Waals surface area contributed by atoms with Crippen molar-refractivity contribution in [2.24, 2.45) is 10.7 Å². The largest absolute Gasteiger partial charge is 0.462 e. The smallest absolute Gasteiger partial charge is 0.283 e. The van der Waals surface area contributed by atoms with Gasteiger partial charge < -0.3 is 15.2 Å². The lowest BCUT2D eigenvalue weighted by atomic mass is 9.81. The number of nitrogens with zero attached hydrogens (tertiary/aromatic N) is 3. The minimum Gasteiger partial charge on any atom is -0.462 e. The quantitative estimate of drug-likeness (QED) is 0.629. The first kappa shape index (κ1) is 16.9. The number of ether oxygens (including phenoxy) is 2. The molecule has 0 radical (unpaired) electrons. The summed E-state index contributed by atoms with van der Waals surface area (Å²) in [6.45, 7) is 0.0148. The van der Waals surface area contributed by atoms with E-state index >= 15 is 0 Å². The summed E-state index contributed by atoms with van der Waals surface area (Å²) >= 11 is 5.97. The van der Waals surface area contributed by atoms with E-state index in [0.29, 0.717) is 28.0 Å². The Kier molecular flexibility index (Phi) is 3.54. The van der Waals surface area contributed by atoms with Gasteiger partial charge in [0.15, 0.2) is 11.3 Å². The van der Waals surface area contributed by atoms with Crippen molar-refractivity contribution in [3.8, 4) is 22.6 Å². The lowest BCUT2D eigenvalue weighted by Gasteiger charge is -2.33. The highest BCUT2D eigenvalue weighted by molar-refractivity contribution is 6.29. The van der Waals surface area contributed by atoms with Crippen molar-refractivity contribution in [3.63, 3.8) is 0 Å². The Morgan fingerprint density at radius 1 is 1.11 bits per heavy atom. The van der Waals surface area contributed by atoms with Gasteiger partial charge in [-0.05, 0) is 35.9 Å². The lowest BCUT2D eigenvalue weighted by molar-refractivity contribution is 0.261. The van der Waals surface area contributed by atoms with Crippen LogP contribution in [0.2, 0.25) is 5.15 Å². The van der Waals surface area contributed by atoms with Crippen LogP contribution in [-0.4, -0.2) is 22.6 Å². The highest BCUT2D eigenvalue weighted by Gasteiger charge is 2.48. The van der Waals surface area contributed by atoms with E-state index in [-0.39, 0.29) is 23.5 Å². The molecule has 0 fully saturated rings. The van der Waals surface area contributed by atoms with Crippen LogP contribution in [0.4, 0.5) is 8.78 Å². The predicted molar refractivity (Wildman–Crippen MR) is 97.3 cm³/mol. The summed E-state index contributed by atoms with van der Waals surface area (Å²) < 4.78 is 39.8. The molecule has 1 atom stereocenters. The van der Waals surface area contributed by atoms with Gasteiger partial charge in [0.25, 0.3) is 12.0 Å². The van der Waals surface area contributed by atoms with Crippen LogP contribution in [0.3, 0.4) is 0 Å². The maximum absolute atomic E-state index is 14.5. The van der Waals surface area contributed by atoms with Crippen LogP contribution in [0.1, 0.15) is 11.1 Å². The van der Waals surface area contributed by atoms with Crippen LogP contribution in [0.15, 0.2) is 47.6 Å². The van der Waals surface area contributed by atoms with Crippen molar-refractivity contribution in [1.29, 1.82) is 0 Å². The van der Waals surface area contributed by atoms with Gasteiger partial charge in [-0.1, -0.05) is 17.7 Å². The normalized spacial score (nSPS) is 19.5. The van der Waals surface area contributed by atoms with Crippen molar-refractivity contribution >= 4 is 17.6 Å². The van der Waals surface area contributed by atoms with E-state index in [0.717, 1.165) is 0 Å². The third kappa shape index (κ3) is 2.34. The average molecular weight is 401 g/mol. The molecule has 2 aromatic heterocycles. The molecule has 2 aliphatic heterocycles. The fraction of sp³-hybridized carbons (Fsp3) is 0.105. The summed E-state index contributed by atoms with van der Waals surface area (Å²) in [7, 11) is 0. The number of amidine groups is 1. The number of nitrogens with two attached hydrogens (primary N) is 1. The van der Waals surface area contributed by atoms with Gasteiger partial charge in [0.05, 0.1) is 0 Å². The monoisotopic (exact) mass is 400 g/mol. The summed E-state index contributed by atoms with van der Waals surface area (Å²) in [4.78, 5) is 11.7. The zero-order chi connectivity index (χ0) is 19.5. The van der Waals surface area contributed by atoms with E-state index in [4.69, 9.17) is 26.8 Å². The molecule has 0 saturated carbocycles. The van der Waals surface area contributed by atoms with Crippen molar-refractivity contribution in [2.45, 2.75) is 5.54 Å². The van der Waals surface area contributed by atoms with Gasteiger partial charge >= 0.3 is 0 Å². The fourth-order valence-electron chi connectivity index (χ4n) is 3.55. The number of hydrogen-bond donors (Lipinski definition) is 1. The highest BCUT2D eigenvalue weighted by atomic mass is 35.5. The number of aromatic nitrogens is 2. The van der Waals surface area contributed by atoms with Gasteiger partial charge in [-0.2, -0.15) is 8.78 Å². The topological polar surface area (TPSA) is 82.6 Å². The van der Waals surface area contributed by atoms with Crippen LogP contribution in [0.5, 0.6) is 11.5 Å². The molecule has 0 amide bonds. The van der Waals surface area contributed by atoms with Crippen LogP contribution in [0.25, 0.3) is 11.1 Å². The molecule has 0 bridgehead atoms. The summed E-state index contributed by atoms with van der Waals surface area (Å²) in [6.07, 6.45) is 1.37. The van der Waals surface area contributed by atoms with Crippen LogP contribution < -0.4 is 10.5 Å². The number of rotatable bonds is 1. The van der Waals surface area contributed by atoms with Gasteiger partial charge in [-0.15, -0.1) is 0 Å². The molecular formula is C19H11ClF2N4O2. The van der Waals surface area contributed by atoms with Crippen molar-refractivity contribution in [2.75, 3.05) is 6.61 Å². The van der Waals surface area contributed by atoms with Gasteiger partial charge in [-0.25, -0.2) is 15.0 Å². The number of benzene rings is 1. The SMILES string of the molecule is NC1=NC2(CO1)c1cc(-c3cccnc3F)ccc1Oc1c2cc(Cl)nc1F. The molecule has 5 rings (SSSR count). The van der Waals surface area contributed by atoms with Crippen LogP contribution in [0, 0.1) is 11.9 Å². The second-order valence-electron chi connectivity index (χ2n) is 6.37. The lowest BCUT2D eigenvalue weighted by Crippen LogP contribution is -2.31. The van der Waals surface area contributed by atoms with Crippen molar-refractivity contribution in [1.82, 2.24) is 9.97 Å². The molecule has 1 unspecified atom stereocenters. The summed E-state index contributed by atoms with van der Waals surface area (Å²) in [5, 5.41) is -0.0576. The number of halogens is 3. The summed E-state index contributed by atoms with van der Waals surface area (Å²) in [5.74, 6) is -1.24. The molecule has 0 aliphatic carbocycles. The summed E-state index contributed by atoms with van der Waals surface area (Å²) in [5.41, 5.74) is 6.33. The zero-order valence-corrected chi connectivity index (χ0v) is 14.9. The molecule has 2 aliphatic rings. The number of fused-ring (bicyclic) bond motifs is 4. The molecule has 3 aromatic rings. The van der Waals surface area contributed by atoms with E-state index in [9.17, 15) is 8.78 Å². The number of aliphatic imine (C=N–C) groups is 1. The summed E-state index contributed by atoms with van der Waals surface area (Å²) in [6, 6.07) is 9.63. The van der Waals surface area contributed by atoms with Gasteiger partial charge in [-0.3, -0.25) is 0 Å². The maximum Gasteiger partial charge on any atom is 0.283 e. The van der Waals surface area contributed by atoms with E-state index in [2.05, 4.69) is 15.0 Å². The molecule has 1 aromatic carbocycles. The minimum atomic E-state index is -1.19. The second kappa shape index (κ2) is 5.87. The molecule has 2 N–H and O–H groups in total. The second-order valence-corrected chi connectivity index (χ2v) is 6.75. The van der Waals surface area contributed by atoms with Crippen LogP contribution in [-0.2, 0) is 10.3 Å². The number of pyridine rings is 2. The molecule has 9 heteroatoms. The first-order chi connectivity index (χ1) is 13.5. The van der Waals surface area contributed by atoms with E-state index in [1.807, 2.05) is 0 Å². The Bertz CT molecular complexity index is 1170. The Balaban J connectivity index is 1.78. The Morgan fingerprint density at radius 3 is 2.71 bits per heavy atom. The molecule has 0 saturated heterocycles. The first-order valence-corrected chi connectivity index (χ1v) is 8.64. The Hall–Kier alpha value is -3.26. The zero-order valence-electron chi connectivity index (χ0n) is 14.1. The third-order valence-electron chi connectivity index (χ3n) is 4.78. The molecule has 140 valence electrons. The minimum absolute atomic E-state index is 0.0148.